The predicted octanol–water partition coefficient (Wildman–Crippen LogP) is 1.98. The first-order valence-electron chi connectivity index (χ1n) is 6.87. The van der Waals surface area contributed by atoms with Gasteiger partial charge in [-0.05, 0) is 48.4 Å². The van der Waals surface area contributed by atoms with Gasteiger partial charge in [-0.3, -0.25) is 4.79 Å². The first-order chi connectivity index (χ1) is 10.1. The summed E-state index contributed by atoms with van der Waals surface area (Å²) in [5, 5.41) is 15.2. The molecule has 112 valence electrons. The van der Waals surface area contributed by atoms with Crippen LogP contribution in [0.2, 0.25) is 0 Å². The second-order valence-corrected chi connectivity index (χ2v) is 5.82. The van der Waals surface area contributed by atoms with E-state index in [9.17, 15) is 4.79 Å². The number of nitrogens with one attached hydrogen (secondary N) is 1. The van der Waals surface area contributed by atoms with Crippen molar-refractivity contribution in [2.45, 2.75) is 38.4 Å². The van der Waals surface area contributed by atoms with Gasteiger partial charge >= 0.3 is 0 Å². The molecule has 21 heavy (non-hydrogen) atoms. The Hall–Kier alpha value is -1.89. The first-order valence-corrected chi connectivity index (χ1v) is 7.86. The Kier molecular flexibility index (Phi) is 5.32. The van der Waals surface area contributed by atoms with Crippen LogP contribution in [0.4, 0.5) is 0 Å². The third-order valence-corrected chi connectivity index (χ3v) is 3.96. The standard InChI is InChI=1S/C14H19N5OS/c1-4-11(3)15-13(20)9-21-14-16-17-18-19(14)12-7-5-6-10(2)8-12/h5-8,11H,4,9H2,1-3H3,(H,15,20). The molecule has 2 aromatic rings. The summed E-state index contributed by atoms with van der Waals surface area (Å²) in [6.07, 6.45) is 0.914. The summed E-state index contributed by atoms with van der Waals surface area (Å²) in [5.74, 6) is 0.296. The maximum absolute atomic E-state index is 11.8. The van der Waals surface area contributed by atoms with Crippen molar-refractivity contribution in [3.05, 3.63) is 29.8 Å². The van der Waals surface area contributed by atoms with E-state index in [0.717, 1.165) is 17.7 Å². The SMILES string of the molecule is CCC(C)NC(=O)CSc1nnnn1-c1cccc(C)c1. The van der Waals surface area contributed by atoms with Crippen LogP contribution < -0.4 is 5.32 Å². The van der Waals surface area contributed by atoms with E-state index in [4.69, 9.17) is 0 Å². The Bertz CT molecular complexity index is 613. The molecule has 0 saturated carbocycles. The van der Waals surface area contributed by atoms with Crippen LogP contribution in [-0.2, 0) is 4.79 Å². The zero-order valence-electron chi connectivity index (χ0n) is 12.4. The number of hydrogen-bond donors (Lipinski definition) is 1. The van der Waals surface area contributed by atoms with Crippen LogP contribution >= 0.6 is 11.8 Å². The number of thioether (sulfide) groups is 1. The van der Waals surface area contributed by atoms with Gasteiger partial charge in [-0.25, -0.2) is 0 Å². The Morgan fingerprint density at radius 2 is 2.29 bits per heavy atom. The lowest BCUT2D eigenvalue weighted by Gasteiger charge is -2.10. The number of benzene rings is 1. The molecule has 7 heteroatoms. The van der Waals surface area contributed by atoms with Crippen LogP contribution in [0.5, 0.6) is 0 Å². The summed E-state index contributed by atoms with van der Waals surface area (Å²) >= 11 is 1.33. The van der Waals surface area contributed by atoms with E-state index in [2.05, 4.69) is 20.8 Å². The summed E-state index contributed by atoms with van der Waals surface area (Å²) in [6.45, 7) is 6.04. The molecular weight excluding hydrogens is 286 g/mol. The minimum absolute atomic E-state index is 0.00635. The molecule has 1 atom stereocenters. The molecule has 1 aromatic heterocycles. The number of aryl methyl sites for hydroxylation is 1. The number of rotatable bonds is 6. The van der Waals surface area contributed by atoms with Crippen LogP contribution in [0.25, 0.3) is 5.69 Å². The van der Waals surface area contributed by atoms with E-state index >= 15 is 0 Å². The Labute approximate surface area is 128 Å². The van der Waals surface area contributed by atoms with Crippen LogP contribution in [0.3, 0.4) is 0 Å². The zero-order valence-corrected chi connectivity index (χ0v) is 13.2. The van der Waals surface area contributed by atoms with Crippen molar-refractivity contribution < 1.29 is 4.79 Å². The fourth-order valence-electron chi connectivity index (χ4n) is 1.74. The summed E-state index contributed by atoms with van der Waals surface area (Å²) < 4.78 is 1.65. The van der Waals surface area contributed by atoms with Crippen molar-refractivity contribution in [1.29, 1.82) is 0 Å². The molecule has 1 aromatic carbocycles. The number of amides is 1. The van der Waals surface area contributed by atoms with E-state index in [1.165, 1.54) is 11.8 Å². The molecule has 0 aliphatic carbocycles. The third-order valence-electron chi connectivity index (χ3n) is 3.04. The van der Waals surface area contributed by atoms with Gasteiger partial charge in [0.2, 0.25) is 11.1 Å². The van der Waals surface area contributed by atoms with E-state index in [0.29, 0.717) is 10.9 Å². The molecule has 6 nitrogen and oxygen atoms in total. The van der Waals surface area contributed by atoms with E-state index < -0.39 is 0 Å². The smallest absolute Gasteiger partial charge is 0.230 e. The number of tetrazole rings is 1. The van der Waals surface area contributed by atoms with Crippen LogP contribution in [0, 0.1) is 6.92 Å². The summed E-state index contributed by atoms with van der Waals surface area (Å²) in [7, 11) is 0. The summed E-state index contributed by atoms with van der Waals surface area (Å²) in [4.78, 5) is 11.8. The van der Waals surface area contributed by atoms with Gasteiger partial charge in [-0.2, -0.15) is 4.68 Å². The second kappa shape index (κ2) is 7.21. The topological polar surface area (TPSA) is 72.7 Å². The highest BCUT2D eigenvalue weighted by molar-refractivity contribution is 7.99. The molecule has 1 heterocycles. The molecule has 1 N–H and O–H groups in total. The summed E-state index contributed by atoms with van der Waals surface area (Å²) in [6, 6.07) is 8.09. The fourth-order valence-corrected chi connectivity index (χ4v) is 2.44. The van der Waals surface area contributed by atoms with Gasteiger partial charge in [0, 0.05) is 6.04 Å². The minimum Gasteiger partial charge on any atom is -0.353 e. The largest absolute Gasteiger partial charge is 0.353 e. The first kappa shape index (κ1) is 15.5. The van der Waals surface area contributed by atoms with Gasteiger partial charge in [0.15, 0.2) is 0 Å². The maximum Gasteiger partial charge on any atom is 0.230 e. The number of nitrogens with zero attached hydrogens (tertiary/aromatic N) is 4. The van der Waals surface area contributed by atoms with E-state index in [-0.39, 0.29) is 11.9 Å². The van der Waals surface area contributed by atoms with Gasteiger partial charge in [0.1, 0.15) is 0 Å². The van der Waals surface area contributed by atoms with Gasteiger partial charge in [0.25, 0.3) is 0 Å². The number of hydrogen-bond acceptors (Lipinski definition) is 5. The molecule has 1 unspecified atom stereocenters. The normalized spacial score (nSPS) is 12.1. The fraction of sp³-hybridized carbons (Fsp3) is 0.429. The van der Waals surface area contributed by atoms with Crippen molar-refractivity contribution in [2.75, 3.05) is 5.75 Å². The van der Waals surface area contributed by atoms with E-state index in [1.54, 1.807) is 4.68 Å². The lowest BCUT2D eigenvalue weighted by Crippen LogP contribution is -2.33. The summed E-state index contributed by atoms with van der Waals surface area (Å²) in [5.41, 5.74) is 2.03. The molecule has 0 radical (unpaired) electrons. The molecule has 2 rings (SSSR count). The number of carbonyl (C=O) groups excluding carboxylic acids is 1. The van der Waals surface area contributed by atoms with Gasteiger partial charge in [-0.1, -0.05) is 30.8 Å². The molecule has 0 saturated heterocycles. The minimum atomic E-state index is -0.00635. The quantitative estimate of drug-likeness (QED) is 0.826. The van der Waals surface area contributed by atoms with Crippen molar-refractivity contribution >= 4 is 17.7 Å². The highest BCUT2D eigenvalue weighted by atomic mass is 32.2. The number of aromatic nitrogens is 4. The Balaban J connectivity index is 2.03. The Morgan fingerprint density at radius 1 is 1.48 bits per heavy atom. The second-order valence-electron chi connectivity index (χ2n) is 4.88. The molecule has 1 amide bonds. The van der Waals surface area contributed by atoms with Gasteiger partial charge < -0.3 is 5.32 Å². The molecule has 0 aliphatic heterocycles. The third kappa shape index (κ3) is 4.29. The zero-order chi connectivity index (χ0) is 15.2. The van der Waals surface area contributed by atoms with Gasteiger partial charge in [-0.15, -0.1) is 5.10 Å². The lowest BCUT2D eigenvalue weighted by atomic mass is 10.2. The predicted molar refractivity (Wildman–Crippen MR) is 82.5 cm³/mol. The van der Waals surface area contributed by atoms with E-state index in [1.807, 2.05) is 45.0 Å². The highest BCUT2D eigenvalue weighted by Gasteiger charge is 2.12. The van der Waals surface area contributed by atoms with Crippen molar-refractivity contribution in [3.8, 4) is 5.69 Å². The molecule has 0 aliphatic rings. The van der Waals surface area contributed by atoms with Crippen LogP contribution in [0.1, 0.15) is 25.8 Å². The van der Waals surface area contributed by atoms with Crippen molar-refractivity contribution in [2.24, 2.45) is 0 Å². The molecule has 0 bridgehead atoms. The van der Waals surface area contributed by atoms with Crippen molar-refractivity contribution in [1.82, 2.24) is 25.5 Å². The molecule has 0 fully saturated rings. The number of carbonyl (C=O) groups is 1. The lowest BCUT2D eigenvalue weighted by molar-refractivity contribution is -0.119. The van der Waals surface area contributed by atoms with Gasteiger partial charge in [0.05, 0.1) is 11.4 Å². The monoisotopic (exact) mass is 305 g/mol. The molecular formula is C14H19N5OS. The van der Waals surface area contributed by atoms with Crippen LogP contribution in [-0.4, -0.2) is 37.9 Å². The Morgan fingerprint density at radius 3 is 3.00 bits per heavy atom. The highest BCUT2D eigenvalue weighted by Crippen LogP contribution is 2.18. The van der Waals surface area contributed by atoms with Crippen molar-refractivity contribution in [3.63, 3.8) is 0 Å². The van der Waals surface area contributed by atoms with Crippen LogP contribution in [0.15, 0.2) is 29.4 Å². The molecule has 0 spiro atoms. The average molecular weight is 305 g/mol. The average Bonchev–Trinajstić information content (AvgIpc) is 2.93. The maximum atomic E-state index is 11.8.